The first-order valence-corrected chi connectivity index (χ1v) is 7.33. The second-order valence-electron chi connectivity index (χ2n) is 4.74. The van der Waals surface area contributed by atoms with E-state index in [0.29, 0.717) is 16.3 Å². The van der Waals surface area contributed by atoms with Crippen LogP contribution in [0.1, 0.15) is 44.7 Å². The Morgan fingerprint density at radius 2 is 1.75 bits per heavy atom. The number of thiophene rings is 1. The summed E-state index contributed by atoms with van der Waals surface area (Å²) in [6, 6.07) is 13.5. The number of hydrogen-bond acceptors (Lipinski definition) is 3. The lowest BCUT2D eigenvalue weighted by atomic mass is 10.0. The molecule has 1 aromatic heterocycles. The first kappa shape index (κ1) is 14.5. The van der Waals surface area contributed by atoms with Crippen molar-refractivity contribution < 1.29 is 9.59 Å². The van der Waals surface area contributed by atoms with Crippen LogP contribution in [0.15, 0.2) is 42.5 Å². The maximum Gasteiger partial charge on any atom is 0.261 e. The number of hydrogen-bond donors (Lipinski definition) is 1. The van der Waals surface area contributed by atoms with Gasteiger partial charge in [0.2, 0.25) is 0 Å². The van der Waals surface area contributed by atoms with Crippen molar-refractivity contribution in [3.63, 3.8) is 0 Å². The lowest BCUT2D eigenvalue weighted by Gasteiger charge is -2.12. The molecule has 0 spiro atoms. The van der Waals surface area contributed by atoms with Crippen molar-refractivity contribution in [2.45, 2.75) is 19.8 Å². The van der Waals surface area contributed by atoms with E-state index in [1.54, 1.807) is 12.1 Å². The molecule has 0 aliphatic carbocycles. The fraction of sp³-hybridized carbons (Fsp3) is 0.250. The van der Waals surface area contributed by atoms with Crippen LogP contribution in [-0.4, -0.2) is 18.2 Å². The molecule has 0 unspecified atom stereocenters. The van der Waals surface area contributed by atoms with Crippen LogP contribution in [0.4, 0.5) is 0 Å². The summed E-state index contributed by atoms with van der Waals surface area (Å²) in [7, 11) is 0. The molecule has 0 bridgehead atoms. The fourth-order valence-electron chi connectivity index (χ4n) is 1.88. The highest BCUT2D eigenvalue weighted by molar-refractivity contribution is 7.15. The van der Waals surface area contributed by atoms with Crippen molar-refractivity contribution in [1.82, 2.24) is 5.32 Å². The minimum absolute atomic E-state index is 0.00768. The molecule has 1 aromatic carbocycles. The molecular weight excluding hydrogens is 270 g/mol. The maximum absolute atomic E-state index is 12.0. The van der Waals surface area contributed by atoms with Gasteiger partial charge in [-0.2, -0.15) is 0 Å². The predicted molar refractivity (Wildman–Crippen MR) is 81.5 cm³/mol. The molecule has 2 rings (SSSR count). The van der Waals surface area contributed by atoms with Crippen molar-refractivity contribution in [2.24, 2.45) is 0 Å². The molecule has 1 heterocycles. The van der Waals surface area contributed by atoms with E-state index in [4.69, 9.17) is 0 Å². The highest BCUT2D eigenvalue weighted by atomic mass is 32.1. The Morgan fingerprint density at radius 1 is 1.10 bits per heavy atom. The van der Waals surface area contributed by atoms with Crippen molar-refractivity contribution >= 4 is 23.0 Å². The molecule has 1 amide bonds. The van der Waals surface area contributed by atoms with E-state index in [-0.39, 0.29) is 17.6 Å². The molecule has 0 saturated heterocycles. The number of ketones is 1. The largest absolute Gasteiger partial charge is 0.351 e. The lowest BCUT2D eigenvalue weighted by Crippen LogP contribution is -2.26. The van der Waals surface area contributed by atoms with Gasteiger partial charge in [-0.15, -0.1) is 11.3 Å². The molecule has 104 valence electrons. The van der Waals surface area contributed by atoms with Gasteiger partial charge in [-0.05, 0) is 30.5 Å². The number of rotatable bonds is 5. The molecule has 0 saturated carbocycles. The van der Waals surface area contributed by atoms with Crippen molar-refractivity contribution in [3.05, 3.63) is 57.8 Å². The number of carbonyl (C=O) groups excluding carboxylic acids is 2. The number of nitrogens with one attached hydrogen (secondary N) is 1. The van der Waals surface area contributed by atoms with E-state index in [2.05, 4.69) is 24.4 Å². The summed E-state index contributed by atoms with van der Waals surface area (Å²) in [5, 5.41) is 2.91. The average molecular weight is 287 g/mol. The van der Waals surface area contributed by atoms with Gasteiger partial charge in [0.25, 0.3) is 5.91 Å². The monoisotopic (exact) mass is 287 g/mol. The maximum atomic E-state index is 12.0. The third kappa shape index (κ3) is 3.54. The fourth-order valence-corrected chi connectivity index (χ4v) is 2.70. The molecule has 0 radical (unpaired) electrons. The standard InChI is InChI=1S/C16H17NO2S/c1-11(13-6-4-3-5-7-13)10-17-16(19)15-9-8-14(20-15)12(2)18/h3-9,11H,10H2,1-2H3,(H,17,19)/t11-/m0/s1. The van der Waals surface area contributed by atoms with Gasteiger partial charge < -0.3 is 5.32 Å². The third-order valence-corrected chi connectivity index (χ3v) is 4.30. The van der Waals surface area contributed by atoms with Crippen LogP contribution in [0.5, 0.6) is 0 Å². The molecule has 1 N–H and O–H groups in total. The highest BCUT2D eigenvalue weighted by Crippen LogP contribution is 2.18. The molecule has 1 atom stereocenters. The van der Waals surface area contributed by atoms with Crippen LogP contribution in [0.3, 0.4) is 0 Å². The Hall–Kier alpha value is -1.94. The van der Waals surface area contributed by atoms with Gasteiger partial charge in [0, 0.05) is 6.54 Å². The summed E-state index contributed by atoms with van der Waals surface area (Å²) in [5.74, 6) is 0.129. The van der Waals surface area contributed by atoms with Crippen molar-refractivity contribution in [2.75, 3.05) is 6.54 Å². The SMILES string of the molecule is CC(=O)c1ccc(C(=O)NC[C@H](C)c2ccccc2)s1. The Labute approximate surface area is 122 Å². The minimum atomic E-state index is -0.120. The topological polar surface area (TPSA) is 46.2 Å². The Morgan fingerprint density at radius 3 is 2.35 bits per heavy atom. The molecule has 2 aromatic rings. The van der Waals surface area contributed by atoms with Gasteiger partial charge in [0.15, 0.2) is 5.78 Å². The zero-order chi connectivity index (χ0) is 14.5. The summed E-state index contributed by atoms with van der Waals surface area (Å²) in [6.45, 7) is 4.16. The Bertz CT molecular complexity index is 604. The van der Waals surface area contributed by atoms with E-state index in [1.807, 2.05) is 18.2 Å². The molecule has 20 heavy (non-hydrogen) atoms. The van der Waals surface area contributed by atoms with Crippen LogP contribution in [-0.2, 0) is 0 Å². The normalized spacial score (nSPS) is 11.9. The Balaban J connectivity index is 1.93. The third-order valence-electron chi connectivity index (χ3n) is 3.11. The summed E-state index contributed by atoms with van der Waals surface area (Å²) in [4.78, 5) is 24.4. The number of carbonyl (C=O) groups is 2. The van der Waals surface area contributed by atoms with Crippen LogP contribution >= 0.6 is 11.3 Å². The highest BCUT2D eigenvalue weighted by Gasteiger charge is 2.12. The summed E-state index contributed by atoms with van der Waals surface area (Å²) >= 11 is 1.23. The molecule has 3 nitrogen and oxygen atoms in total. The van der Waals surface area contributed by atoms with Gasteiger partial charge in [-0.1, -0.05) is 37.3 Å². The zero-order valence-corrected chi connectivity index (χ0v) is 12.4. The van der Waals surface area contributed by atoms with Gasteiger partial charge in [0.1, 0.15) is 0 Å². The van der Waals surface area contributed by atoms with Gasteiger partial charge in [-0.3, -0.25) is 9.59 Å². The first-order valence-electron chi connectivity index (χ1n) is 6.52. The molecule has 0 fully saturated rings. The van der Waals surface area contributed by atoms with Crippen LogP contribution in [0.2, 0.25) is 0 Å². The van der Waals surface area contributed by atoms with E-state index in [9.17, 15) is 9.59 Å². The van der Waals surface area contributed by atoms with Crippen LogP contribution < -0.4 is 5.32 Å². The van der Waals surface area contributed by atoms with E-state index >= 15 is 0 Å². The second kappa shape index (κ2) is 6.48. The summed E-state index contributed by atoms with van der Waals surface area (Å²) in [5.41, 5.74) is 1.20. The van der Waals surface area contributed by atoms with Crippen LogP contribution in [0, 0.1) is 0 Å². The number of amides is 1. The smallest absolute Gasteiger partial charge is 0.261 e. The zero-order valence-electron chi connectivity index (χ0n) is 11.6. The molecule has 0 aliphatic heterocycles. The molecular formula is C16H17NO2S. The number of Topliss-reactive ketones (excluding diaryl/α,β-unsaturated/α-hetero) is 1. The van der Waals surface area contributed by atoms with E-state index < -0.39 is 0 Å². The van der Waals surface area contributed by atoms with Gasteiger partial charge in [0.05, 0.1) is 9.75 Å². The van der Waals surface area contributed by atoms with Gasteiger partial charge in [-0.25, -0.2) is 0 Å². The lowest BCUT2D eigenvalue weighted by molar-refractivity contribution is 0.0955. The van der Waals surface area contributed by atoms with E-state index in [0.717, 1.165) is 0 Å². The van der Waals surface area contributed by atoms with Crippen LogP contribution in [0.25, 0.3) is 0 Å². The molecule has 4 heteroatoms. The summed E-state index contributed by atoms with van der Waals surface area (Å²) < 4.78 is 0. The van der Waals surface area contributed by atoms with Crippen molar-refractivity contribution in [1.29, 1.82) is 0 Å². The number of benzene rings is 1. The average Bonchev–Trinajstić information content (AvgIpc) is 2.95. The van der Waals surface area contributed by atoms with E-state index in [1.165, 1.54) is 23.8 Å². The quantitative estimate of drug-likeness (QED) is 0.856. The minimum Gasteiger partial charge on any atom is -0.351 e. The van der Waals surface area contributed by atoms with Gasteiger partial charge >= 0.3 is 0 Å². The predicted octanol–water partition coefficient (Wildman–Crippen LogP) is 3.48. The molecule has 0 aliphatic rings. The first-order chi connectivity index (χ1) is 9.58. The van der Waals surface area contributed by atoms with Crippen molar-refractivity contribution in [3.8, 4) is 0 Å². The Kier molecular flexibility index (Phi) is 4.69. The second-order valence-corrected chi connectivity index (χ2v) is 5.83. The summed E-state index contributed by atoms with van der Waals surface area (Å²) in [6.07, 6.45) is 0.